The fourth-order valence-electron chi connectivity index (χ4n) is 1.05. The van der Waals surface area contributed by atoms with Crippen molar-refractivity contribution in [2.75, 3.05) is 6.26 Å². The van der Waals surface area contributed by atoms with E-state index in [9.17, 15) is 18.3 Å². The second-order valence-electron chi connectivity index (χ2n) is 3.35. The van der Waals surface area contributed by atoms with Crippen LogP contribution in [0.5, 0.6) is 0 Å². The smallest absolute Gasteiger partial charge is 0.182 e. The molecule has 0 atom stereocenters. The number of thioether (sulfide) groups is 1. The number of carboxylic acid groups (broad SMARTS) is 1. The Hall–Kier alpha value is -0.530. The summed E-state index contributed by atoms with van der Waals surface area (Å²) in [6.45, 7) is 3.13. The van der Waals surface area contributed by atoms with Crippen molar-refractivity contribution in [1.82, 2.24) is 0 Å². The number of carbonyl (C=O) groups excluding carboxylic acids is 1. The van der Waals surface area contributed by atoms with Gasteiger partial charge < -0.3 is 9.90 Å². The highest BCUT2D eigenvalue weighted by atomic mass is 32.2. The van der Waals surface area contributed by atoms with Gasteiger partial charge in [0.2, 0.25) is 0 Å². The van der Waals surface area contributed by atoms with Crippen molar-refractivity contribution < 1.29 is 18.3 Å². The van der Waals surface area contributed by atoms with Gasteiger partial charge in [0, 0.05) is 0 Å². The molecule has 4 nitrogen and oxygen atoms in total. The molecule has 1 aromatic rings. The minimum absolute atomic E-state index is 0.0522. The summed E-state index contributed by atoms with van der Waals surface area (Å²) in [5.74, 6) is -1.34. The van der Waals surface area contributed by atoms with Crippen LogP contribution in [0.15, 0.2) is 15.2 Å². The highest BCUT2D eigenvalue weighted by Gasteiger charge is 2.25. The van der Waals surface area contributed by atoms with Crippen LogP contribution >= 0.6 is 23.1 Å². The van der Waals surface area contributed by atoms with E-state index in [1.165, 1.54) is 17.8 Å². The van der Waals surface area contributed by atoms with E-state index in [-0.39, 0.29) is 9.77 Å². The average molecular weight is 279 g/mol. The zero-order valence-corrected chi connectivity index (χ0v) is 11.5. The van der Waals surface area contributed by atoms with Gasteiger partial charge in [-0.1, -0.05) is 0 Å². The third-order valence-corrected chi connectivity index (χ3v) is 6.66. The minimum atomic E-state index is -3.43. The summed E-state index contributed by atoms with van der Waals surface area (Å²) in [7, 11) is -3.43. The van der Waals surface area contributed by atoms with E-state index >= 15 is 0 Å². The van der Waals surface area contributed by atoms with Gasteiger partial charge in [0.1, 0.15) is 0 Å². The SMILES string of the molecule is CSc1sc(C(=O)[O-])cc1S(=O)(=O)C(C)C. The molecule has 0 aromatic carbocycles. The van der Waals surface area contributed by atoms with E-state index in [0.717, 1.165) is 11.3 Å². The maximum Gasteiger partial charge on any atom is 0.182 e. The fraction of sp³-hybridized carbons (Fsp3) is 0.444. The average Bonchev–Trinajstić information content (AvgIpc) is 2.61. The first kappa shape index (κ1) is 13.5. The number of sulfone groups is 1. The van der Waals surface area contributed by atoms with E-state index in [4.69, 9.17) is 0 Å². The van der Waals surface area contributed by atoms with Crippen LogP contribution in [0.3, 0.4) is 0 Å². The molecule has 0 saturated carbocycles. The summed E-state index contributed by atoms with van der Waals surface area (Å²) in [4.78, 5) is 10.7. The van der Waals surface area contributed by atoms with Crippen molar-refractivity contribution >= 4 is 38.9 Å². The van der Waals surface area contributed by atoms with Crippen LogP contribution in [0.4, 0.5) is 0 Å². The monoisotopic (exact) mass is 279 g/mol. The molecule has 16 heavy (non-hydrogen) atoms. The van der Waals surface area contributed by atoms with Crippen molar-refractivity contribution in [3.8, 4) is 0 Å². The second-order valence-corrected chi connectivity index (χ2v) is 7.95. The van der Waals surface area contributed by atoms with Crippen molar-refractivity contribution in [2.45, 2.75) is 28.2 Å². The molecule has 0 spiro atoms. The van der Waals surface area contributed by atoms with Crippen LogP contribution in [0.1, 0.15) is 23.5 Å². The predicted molar refractivity (Wildman–Crippen MR) is 62.8 cm³/mol. The largest absolute Gasteiger partial charge is 0.544 e. The van der Waals surface area contributed by atoms with Gasteiger partial charge in [-0.15, -0.1) is 23.1 Å². The Morgan fingerprint density at radius 2 is 2.06 bits per heavy atom. The van der Waals surface area contributed by atoms with E-state index in [1.807, 2.05) is 0 Å². The molecule has 0 radical (unpaired) electrons. The molecule has 0 N–H and O–H groups in total. The molecule has 1 aromatic heterocycles. The third-order valence-electron chi connectivity index (χ3n) is 1.98. The van der Waals surface area contributed by atoms with Gasteiger partial charge in [-0.25, -0.2) is 8.42 Å². The predicted octanol–water partition coefficient (Wildman–Crippen LogP) is 1.02. The van der Waals surface area contributed by atoms with Gasteiger partial charge in [0.05, 0.1) is 25.2 Å². The normalized spacial score (nSPS) is 12.0. The lowest BCUT2D eigenvalue weighted by atomic mass is 10.5. The van der Waals surface area contributed by atoms with Crippen molar-refractivity contribution in [2.24, 2.45) is 0 Å². The zero-order chi connectivity index (χ0) is 12.5. The van der Waals surface area contributed by atoms with Crippen LogP contribution in [0, 0.1) is 0 Å². The van der Waals surface area contributed by atoms with E-state index in [0.29, 0.717) is 4.21 Å². The highest BCUT2D eigenvalue weighted by molar-refractivity contribution is 8.01. The molecule has 0 saturated heterocycles. The lowest BCUT2D eigenvalue weighted by Gasteiger charge is -2.06. The van der Waals surface area contributed by atoms with E-state index in [1.54, 1.807) is 20.1 Å². The Kier molecular flexibility index (Phi) is 4.03. The van der Waals surface area contributed by atoms with Crippen LogP contribution in [-0.2, 0) is 9.84 Å². The van der Waals surface area contributed by atoms with Crippen molar-refractivity contribution in [3.05, 3.63) is 10.9 Å². The van der Waals surface area contributed by atoms with Gasteiger partial charge >= 0.3 is 0 Å². The molecule has 90 valence electrons. The first-order valence-corrected chi connectivity index (χ1v) is 8.02. The number of thiophene rings is 1. The highest BCUT2D eigenvalue weighted by Crippen LogP contribution is 2.35. The summed E-state index contributed by atoms with van der Waals surface area (Å²) in [5.41, 5.74) is 0. The topological polar surface area (TPSA) is 74.3 Å². The maximum atomic E-state index is 11.9. The molecule has 7 heteroatoms. The van der Waals surface area contributed by atoms with Crippen LogP contribution in [-0.4, -0.2) is 25.9 Å². The second kappa shape index (κ2) is 4.77. The molecule has 0 fully saturated rings. The number of aromatic carboxylic acids is 1. The van der Waals surface area contributed by atoms with Gasteiger partial charge in [-0.3, -0.25) is 0 Å². The Bertz CT molecular complexity index is 499. The standard InChI is InChI=1S/C9H12O4S3/c1-5(2)16(12,13)7-4-6(8(10)11)15-9(7)14-3/h4-5H,1-3H3,(H,10,11)/p-1. The molecular formula is C9H11O4S3-. The zero-order valence-electron chi connectivity index (χ0n) is 9.01. The summed E-state index contributed by atoms with van der Waals surface area (Å²) in [6.07, 6.45) is 1.71. The number of hydrogen-bond donors (Lipinski definition) is 0. The number of carboxylic acids is 1. The van der Waals surface area contributed by atoms with Crippen molar-refractivity contribution in [1.29, 1.82) is 0 Å². The number of rotatable bonds is 4. The van der Waals surface area contributed by atoms with E-state index < -0.39 is 21.1 Å². The minimum Gasteiger partial charge on any atom is -0.544 e. The first-order valence-electron chi connectivity index (χ1n) is 4.43. The number of hydrogen-bond acceptors (Lipinski definition) is 6. The van der Waals surface area contributed by atoms with Gasteiger partial charge in [-0.2, -0.15) is 0 Å². The number of carbonyl (C=O) groups is 1. The molecule has 0 aliphatic rings. The summed E-state index contributed by atoms with van der Waals surface area (Å²) in [5, 5.41) is 10.1. The maximum absolute atomic E-state index is 11.9. The molecule has 0 unspecified atom stereocenters. The van der Waals surface area contributed by atoms with Crippen LogP contribution in [0.2, 0.25) is 0 Å². The summed E-state index contributed by atoms with van der Waals surface area (Å²) < 4.78 is 24.3. The molecule has 0 amide bonds. The van der Waals surface area contributed by atoms with Gasteiger partial charge in [-0.05, 0) is 26.2 Å². The van der Waals surface area contributed by atoms with E-state index in [2.05, 4.69) is 0 Å². The Labute approximate surface area is 103 Å². The fourth-order valence-corrected chi connectivity index (χ4v) is 4.70. The third kappa shape index (κ3) is 2.41. The van der Waals surface area contributed by atoms with Gasteiger partial charge in [0.15, 0.2) is 9.84 Å². The van der Waals surface area contributed by atoms with Gasteiger partial charge in [0.25, 0.3) is 0 Å². The first-order chi connectivity index (χ1) is 7.30. The Balaban J connectivity index is 3.39. The van der Waals surface area contributed by atoms with Crippen LogP contribution in [0.25, 0.3) is 0 Å². The molecular weight excluding hydrogens is 268 g/mol. The quantitative estimate of drug-likeness (QED) is 0.769. The lowest BCUT2D eigenvalue weighted by molar-refractivity contribution is -0.254. The summed E-state index contributed by atoms with van der Waals surface area (Å²) >= 11 is 2.16. The Morgan fingerprint density at radius 3 is 2.44 bits per heavy atom. The molecule has 0 aliphatic heterocycles. The lowest BCUT2D eigenvalue weighted by Crippen LogP contribution is -2.21. The molecule has 1 rings (SSSR count). The Morgan fingerprint density at radius 1 is 1.50 bits per heavy atom. The van der Waals surface area contributed by atoms with Crippen molar-refractivity contribution in [3.63, 3.8) is 0 Å². The molecule has 1 heterocycles. The van der Waals surface area contributed by atoms with Crippen LogP contribution < -0.4 is 5.11 Å². The summed E-state index contributed by atoms with van der Waals surface area (Å²) in [6, 6.07) is 1.18. The molecule has 0 aliphatic carbocycles. The molecule has 0 bridgehead atoms.